The number of aromatic nitrogens is 2. The van der Waals surface area contributed by atoms with Gasteiger partial charge in [0.25, 0.3) is 5.91 Å². The summed E-state index contributed by atoms with van der Waals surface area (Å²) in [5, 5.41) is 12.2. The molecule has 1 aliphatic rings. The van der Waals surface area contributed by atoms with Gasteiger partial charge in [0.2, 0.25) is 5.91 Å². The Morgan fingerprint density at radius 1 is 0.848 bits per heavy atom. The number of hydrogen-bond donors (Lipinski definition) is 3. The third-order valence-electron chi connectivity index (χ3n) is 7.77. The highest BCUT2D eigenvalue weighted by atomic mass is 16.5. The van der Waals surface area contributed by atoms with Crippen molar-refractivity contribution in [2.45, 2.75) is 18.9 Å². The van der Waals surface area contributed by atoms with Crippen LogP contribution in [-0.4, -0.2) is 88.1 Å². The maximum atomic E-state index is 14.0. The number of esters is 1. The van der Waals surface area contributed by atoms with Crippen molar-refractivity contribution in [1.29, 1.82) is 0 Å². The first-order valence-corrected chi connectivity index (χ1v) is 14.7. The standard InChI is InChI=1S/C34H34N6O6/c1-46-33(43)25-14-12-23(13-15-25)21-27(32(42)39-16-18-40(19-17-39)34(44)45)37-31(41)29-28(35)26(20-22-8-4-2-5-9-22)36-30(38-29)24-10-6-3-7-11-24/h2-15,27H,16-21,35H2,1H3,(H,37,41)(H,44,45). The average molecular weight is 623 g/mol. The van der Waals surface area contributed by atoms with Gasteiger partial charge >= 0.3 is 12.1 Å². The molecule has 236 valence electrons. The largest absolute Gasteiger partial charge is 0.465 e. The molecule has 2 heterocycles. The van der Waals surface area contributed by atoms with Crippen molar-refractivity contribution in [3.63, 3.8) is 0 Å². The first kappa shape index (κ1) is 31.6. The lowest BCUT2D eigenvalue weighted by Crippen LogP contribution is -2.56. The third-order valence-corrected chi connectivity index (χ3v) is 7.77. The second-order valence-corrected chi connectivity index (χ2v) is 10.8. The molecule has 1 unspecified atom stereocenters. The van der Waals surface area contributed by atoms with E-state index < -0.39 is 24.0 Å². The van der Waals surface area contributed by atoms with Crippen LogP contribution in [0, 0.1) is 0 Å². The van der Waals surface area contributed by atoms with E-state index in [0.717, 1.165) is 5.56 Å². The molecule has 1 aliphatic heterocycles. The summed E-state index contributed by atoms with van der Waals surface area (Å²) in [5.41, 5.74) is 9.72. The number of carbonyl (C=O) groups is 4. The van der Waals surface area contributed by atoms with E-state index in [1.165, 1.54) is 16.9 Å². The normalized spacial score (nSPS) is 13.5. The molecule has 3 amide bonds. The zero-order chi connectivity index (χ0) is 32.6. The van der Waals surface area contributed by atoms with E-state index in [9.17, 15) is 24.3 Å². The van der Waals surface area contributed by atoms with Crippen molar-refractivity contribution >= 4 is 29.6 Å². The Morgan fingerprint density at radius 2 is 1.46 bits per heavy atom. The molecule has 0 bridgehead atoms. The van der Waals surface area contributed by atoms with Gasteiger partial charge in [-0.3, -0.25) is 9.59 Å². The van der Waals surface area contributed by atoms with Crippen molar-refractivity contribution in [2.75, 3.05) is 39.0 Å². The monoisotopic (exact) mass is 622 g/mol. The Morgan fingerprint density at radius 3 is 2.07 bits per heavy atom. The van der Waals surface area contributed by atoms with Gasteiger partial charge in [0.15, 0.2) is 11.5 Å². The summed E-state index contributed by atoms with van der Waals surface area (Å²) < 4.78 is 4.78. The Labute approximate surface area is 265 Å². The lowest BCUT2D eigenvalue weighted by Gasteiger charge is -2.35. The number of rotatable bonds is 9. The highest BCUT2D eigenvalue weighted by Gasteiger charge is 2.31. The molecular weight excluding hydrogens is 588 g/mol. The maximum absolute atomic E-state index is 14.0. The molecule has 1 atom stereocenters. The number of nitrogens with one attached hydrogen (secondary N) is 1. The third kappa shape index (κ3) is 7.46. The van der Waals surface area contributed by atoms with Crippen LogP contribution >= 0.6 is 0 Å². The molecule has 0 radical (unpaired) electrons. The highest BCUT2D eigenvalue weighted by Crippen LogP contribution is 2.24. The number of hydrogen-bond acceptors (Lipinski definition) is 8. The molecule has 1 fully saturated rings. The number of carbonyl (C=O) groups excluding carboxylic acids is 3. The zero-order valence-corrected chi connectivity index (χ0v) is 25.3. The van der Waals surface area contributed by atoms with E-state index in [4.69, 9.17) is 15.5 Å². The SMILES string of the molecule is COC(=O)c1ccc(CC(NC(=O)c2nc(-c3ccccc3)nc(Cc3ccccc3)c2N)C(=O)N2CCN(C(=O)O)CC2)cc1. The highest BCUT2D eigenvalue weighted by molar-refractivity contribution is 6.00. The number of methoxy groups -OCH3 is 1. The number of nitrogens with two attached hydrogens (primary N) is 1. The first-order valence-electron chi connectivity index (χ1n) is 14.7. The second-order valence-electron chi connectivity index (χ2n) is 10.8. The molecule has 4 aromatic rings. The fourth-order valence-electron chi connectivity index (χ4n) is 5.22. The van der Waals surface area contributed by atoms with Crippen molar-refractivity contribution in [3.05, 3.63) is 113 Å². The number of nitrogen functional groups attached to an aromatic ring is 1. The van der Waals surface area contributed by atoms with Crippen molar-refractivity contribution < 1.29 is 29.0 Å². The molecule has 5 rings (SSSR count). The predicted molar refractivity (Wildman–Crippen MR) is 170 cm³/mol. The first-order chi connectivity index (χ1) is 22.2. The van der Waals surface area contributed by atoms with Crippen LogP contribution in [0.1, 0.15) is 37.7 Å². The van der Waals surface area contributed by atoms with Gasteiger partial charge in [-0.15, -0.1) is 0 Å². The fraction of sp³-hybridized carbons (Fsp3) is 0.235. The number of ether oxygens (including phenoxy) is 1. The summed E-state index contributed by atoms with van der Waals surface area (Å²) in [7, 11) is 1.29. The van der Waals surface area contributed by atoms with Gasteiger partial charge < -0.3 is 30.7 Å². The maximum Gasteiger partial charge on any atom is 0.407 e. The van der Waals surface area contributed by atoms with Crippen LogP contribution in [0.2, 0.25) is 0 Å². The van der Waals surface area contributed by atoms with Gasteiger partial charge in [-0.05, 0) is 23.3 Å². The number of nitrogens with zero attached hydrogens (tertiary/aromatic N) is 4. The van der Waals surface area contributed by atoms with Crippen LogP contribution in [0.25, 0.3) is 11.4 Å². The van der Waals surface area contributed by atoms with Gasteiger partial charge in [-0.25, -0.2) is 19.6 Å². The van der Waals surface area contributed by atoms with E-state index in [2.05, 4.69) is 10.3 Å². The number of carboxylic acid groups (broad SMARTS) is 1. The minimum atomic E-state index is -1.05. The number of benzene rings is 3. The predicted octanol–water partition coefficient (Wildman–Crippen LogP) is 3.27. The zero-order valence-electron chi connectivity index (χ0n) is 25.3. The molecule has 0 saturated carbocycles. The number of piperazine rings is 1. The molecule has 0 aliphatic carbocycles. The summed E-state index contributed by atoms with van der Waals surface area (Å²) in [5.74, 6) is -1.21. The summed E-state index contributed by atoms with van der Waals surface area (Å²) in [4.78, 5) is 63.2. The quantitative estimate of drug-likeness (QED) is 0.237. The molecule has 12 nitrogen and oxygen atoms in total. The molecule has 1 saturated heterocycles. The van der Waals surface area contributed by atoms with Crippen molar-refractivity contribution in [1.82, 2.24) is 25.1 Å². The van der Waals surface area contributed by atoms with Crippen LogP contribution in [0.4, 0.5) is 10.5 Å². The molecule has 4 N–H and O–H groups in total. The Hall–Kier alpha value is -5.78. The van der Waals surface area contributed by atoms with Gasteiger partial charge in [0.1, 0.15) is 6.04 Å². The Kier molecular flexibility index (Phi) is 9.86. The van der Waals surface area contributed by atoms with Crippen molar-refractivity contribution in [2.24, 2.45) is 0 Å². The topological polar surface area (TPSA) is 168 Å². The minimum Gasteiger partial charge on any atom is -0.465 e. The van der Waals surface area contributed by atoms with E-state index in [1.807, 2.05) is 60.7 Å². The Balaban J connectivity index is 1.47. The fourth-order valence-corrected chi connectivity index (χ4v) is 5.22. The molecule has 46 heavy (non-hydrogen) atoms. The summed E-state index contributed by atoms with van der Waals surface area (Å²) in [6.45, 7) is 0.650. The van der Waals surface area contributed by atoms with Gasteiger partial charge in [0, 0.05) is 44.6 Å². The van der Waals surface area contributed by atoms with Gasteiger partial charge in [-0.2, -0.15) is 0 Å². The molecule has 0 spiro atoms. The summed E-state index contributed by atoms with van der Waals surface area (Å²) >= 11 is 0. The summed E-state index contributed by atoms with van der Waals surface area (Å²) in [6, 6.07) is 24.3. The Bertz CT molecular complexity index is 1710. The van der Waals surface area contributed by atoms with E-state index in [1.54, 1.807) is 24.3 Å². The minimum absolute atomic E-state index is 0.0608. The molecular formula is C34H34N6O6. The van der Waals surface area contributed by atoms with E-state index in [0.29, 0.717) is 34.6 Å². The van der Waals surface area contributed by atoms with Crippen LogP contribution in [0.3, 0.4) is 0 Å². The van der Waals surface area contributed by atoms with E-state index >= 15 is 0 Å². The lowest BCUT2D eigenvalue weighted by molar-refractivity contribution is -0.134. The van der Waals surface area contributed by atoms with Crippen molar-refractivity contribution in [3.8, 4) is 11.4 Å². The van der Waals surface area contributed by atoms with Crippen LogP contribution < -0.4 is 11.1 Å². The number of anilines is 1. The van der Waals surface area contributed by atoms with Crippen LogP contribution in [-0.2, 0) is 22.4 Å². The van der Waals surface area contributed by atoms with Gasteiger partial charge in [0.05, 0.1) is 24.1 Å². The molecule has 12 heteroatoms. The second kappa shape index (κ2) is 14.3. The molecule has 3 aromatic carbocycles. The van der Waals surface area contributed by atoms with Crippen LogP contribution in [0.15, 0.2) is 84.9 Å². The lowest BCUT2D eigenvalue weighted by atomic mass is 10.0. The number of amides is 3. The van der Waals surface area contributed by atoms with E-state index in [-0.39, 0.29) is 49.9 Å². The smallest absolute Gasteiger partial charge is 0.407 e. The average Bonchev–Trinajstić information content (AvgIpc) is 3.09. The van der Waals surface area contributed by atoms with Gasteiger partial charge in [-0.1, -0.05) is 72.8 Å². The molecule has 1 aromatic heterocycles. The van der Waals surface area contributed by atoms with Crippen LogP contribution in [0.5, 0.6) is 0 Å². The summed E-state index contributed by atoms with van der Waals surface area (Å²) in [6.07, 6.45) is -0.598.